The maximum absolute atomic E-state index is 6.18. The molecule has 1 aromatic heterocycles. The summed E-state index contributed by atoms with van der Waals surface area (Å²) in [6.07, 6.45) is 1.59. The SMILES string of the molecule is CCC(C)(OC)c1nc(Cl)c2c(n1)CCOC2. The van der Waals surface area contributed by atoms with Crippen molar-refractivity contribution in [1.29, 1.82) is 0 Å². The lowest BCUT2D eigenvalue weighted by Gasteiger charge is -2.27. The molecule has 5 heteroatoms. The van der Waals surface area contributed by atoms with Crippen molar-refractivity contribution in [3.63, 3.8) is 0 Å². The molecule has 1 atom stereocenters. The van der Waals surface area contributed by atoms with Crippen LogP contribution in [0.1, 0.15) is 37.4 Å². The van der Waals surface area contributed by atoms with E-state index >= 15 is 0 Å². The van der Waals surface area contributed by atoms with Gasteiger partial charge in [0, 0.05) is 19.1 Å². The predicted octanol–water partition coefficient (Wildman–Crippen LogP) is 2.47. The molecule has 0 bridgehead atoms. The fraction of sp³-hybridized carbons (Fsp3) is 0.667. The van der Waals surface area contributed by atoms with Gasteiger partial charge in [-0.3, -0.25) is 0 Å². The Morgan fingerprint density at radius 2 is 2.24 bits per heavy atom. The number of halogens is 1. The highest BCUT2D eigenvalue weighted by Gasteiger charge is 2.30. The number of aromatic nitrogens is 2. The summed E-state index contributed by atoms with van der Waals surface area (Å²) < 4.78 is 10.9. The summed E-state index contributed by atoms with van der Waals surface area (Å²) in [5.74, 6) is 0.660. The van der Waals surface area contributed by atoms with E-state index in [0.717, 1.165) is 24.1 Å². The van der Waals surface area contributed by atoms with Crippen LogP contribution in [0.5, 0.6) is 0 Å². The number of nitrogens with zero attached hydrogens (tertiary/aromatic N) is 2. The first kappa shape index (κ1) is 12.7. The van der Waals surface area contributed by atoms with Gasteiger partial charge in [0.1, 0.15) is 10.8 Å². The molecular formula is C12H17ClN2O2. The van der Waals surface area contributed by atoms with Gasteiger partial charge in [-0.15, -0.1) is 0 Å². The van der Waals surface area contributed by atoms with E-state index in [-0.39, 0.29) is 0 Å². The third-order valence-electron chi connectivity index (χ3n) is 3.37. The lowest BCUT2D eigenvalue weighted by atomic mass is 10.0. The number of methoxy groups -OCH3 is 1. The van der Waals surface area contributed by atoms with E-state index in [1.807, 2.05) is 13.8 Å². The smallest absolute Gasteiger partial charge is 0.161 e. The maximum Gasteiger partial charge on any atom is 0.161 e. The van der Waals surface area contributed by atoms with Crippen molar-refractivity contribution < 1.29 is 9.47 Å². The second kappa shape index (κ2) is 4.88. The third-order valence-corrected chi connectivity index (χ3v) is 3.68. The molecule has 1 unspecified atom stereocenters. The Morgan fingerprint density at radius 1 is 1.47 bits per heavy atom. The van der Waals surface area contributed by atoms with Crippen LogP contribution in [-0.4, -0.2) is 23.7 Å². The van der Waals surface area contributed by atoms with Gasteiger partial charge in [0.05, 0.1) is 18.9 Å². The molecule has 0 fully saturated rings. The lowest BCUT2D eigenvalue weighted by molar-refractivity contribution is -0.00957. The van der Waals surface area contributed by atoms with Crippen LogP contribution >= 0.6 is 11.6 Å². The molecule has 1 aliphatic heterocycles. The second-order valence-corrected chi connectivity index (χ2v) is 4.71. The Morgan fingerprint density at radius 3 is 2.88 bits per heavy atom. The average molecular weight is 257 g/mol. The maximum atomic E-state index is 6.18. The van der Waals surface area contributed by atoms with Gasteiger partial charge in [-0.05, 0) is 13.3 Å². The van der Waals surface area contributed by atoms with Gasteiger partial charge in [0.15, 0.2) is 5.82 Å². The molecule has 0 aromatic carbocycles. The monoisotopic (exact) mass is 256 g/mol. The van der Waals surface area contributed by atoms with Crippen LogP contribution in [-0.2, 0) is 28.1 Å². The van der Waals surface area contributed by atoms with E-state index in [1.54, 1.807) is 7.11 Å². The summed E-state index contributed by atoms with van der Waals surface area (Å²) in [5.41, 5.74) is 1.43. The second-order valence-electron chi connectivity index (χ2n) is 4.35. The largest absolute Gasteiger partial charge is 0.376 e. The first-order valence-corrected chi connectivity index (χ1v) is 6.17. The minimum Gasteiger partial charge on any atom is -0.376 e. The zero-order valence-corrected chi connectivity index (χ0v) is 11.2. The third kappa shape index (κ3) is 2.30. The Bertz CT molecular complexity index is 419. The molecule has 94 valence electrons. The molecule has 2 rings (SSSR count). The highest BCUT2D eigenvalue weighted by molar-refractivity contribution is 6.30. The minimum atomic E-state index is -0.475. The van der Waals surface area contributed by atoms with Crippen molar-refractivity contribution in [3.05, 3.63) is 22.2 Å². The molecule has 0 saturated heterocycles. The van der Waals surface area contributed by atoms with Gasteiger partial charge in [0.25, 0.3) is 0 Å². The van der Waals surface area contributed by atoms with Crippen LogP contribution in [0.2, 0.25) is 5.15 Å². The first-order chi connectivity index (χ1) is 8.10. The van der Waals surface area contributed by atoms with E-state index in [9.17, 15) is 0 Å². The lowest BCUT2D eigenvalue weighted by Crippen LogP contribution is -2.28. The summed E-state index contributed by atoms with van der Waals surface area (Å²) in [4.78, 5) is 8.94. The minimum absolute atomic E-state index is 0.475. The van der Waals surface area contributed by atoms with E-state index < -0.39 is 5.60 Å². The molecule has 0 amide bonds. The van der Waals surface area contributed by atoms with Gasteiger partial charge in [0.2, 0.25) is 0 Å². The molecule has 0 spiro atoms. The van der Waals surface area contributed by atoms with Crippen LogP contribution in [0.3, 0.4) is 0 Å². The van der Waals surface area contributed by atoms with Crippen molar-refractivity contribution in [2.75, 3.05) is 13.7 Å². The van der Waals surface area contributed by atoms with Crippen LogP contribution in [0.4, 0.5) is 0 Å². The fourth-order valence-corrected chi connectivity index (χ4v) is 2.07. The van der Waals surface area contributed by atoms with Crippen molar-refractivity contribution >= 4 is 11.6 Å². The highest BCUT2D eigenvalue weighted by atomic mass is 35.5. The fourth-order valence-electron chi connectivity index (χ4n) is 1.82. The average Bonchev–Trinajstić information content (AvgIpc) is 2.38. The van der Waals surface area contributed by atoms with E-state index in [0.29, 0.717) is 24.2 Å². The van der Waals surface area contributed by atoms with Crippen LogP contribution < -0.4 is 0 Å². The number of rotatable bonds is 3. The van der Waals surface area contributed by atoms with Crippen molar-refractivity contribution in [3.8, 4) is 0 Å². The van der Waals surface area contributed by atoms with Gasteiger partial charge in [-0.25, -0.2) is 9.97 Å². The highest BCUT2D eigenvalue weighted by Crippen LogP contribution is 2.29. The number of ether oxygens (including phenoxy) is 2. The molecule has 0 saturated carbocycles. The molecule has 1 aromatic rings. The van der Waals surface area contributed by atoms with Gasteiger partial charge in [-0.2, -0.15) is 0 Å². The molecule has 2 heterocycles. The van der Waals surface area contributed by atoms with Crippen molar-refractivity contribution in [1.82, 2.24) is 9.97 Å². The Kier molecular flexibility index (Phi) is 3.66. The first-order valence-electron chi connectivity index (χ1n) is 5.79. The molecule has 1 aliphatic rings. The molecule has 17 heavy (non-hydrogen) atoms. The van der Waals surface area contributed by atoms with Gasteiger partial charge < -0.3 is 9.47 Å². The van der Waals surface area contributed by atoms with Crippen molar-refractivity contribution in [2.24, 2.45) is 0 Å². The molecule has 4 nitrogen and oxygen atoms in total. The number of fused-ring (bicyclic) bond motifs is 1. The summed E-state index contributed by atoms with van der Waals surface area (Å²) in [5, 5.41) is 0.487. The van der Waals surface area contributed by atoms with Gasteiger partial charge >= 0.3 is 0 Å². The number of hydrogen-bond acceptors (Lipinski definition) is 4. The molecule has 0 N–H and O–H groups in total. The molecular weight excluding hydrogens is 240 g/mol. The quantitative estimate of drug-likeness (QED) is 0.780. The van der Waals surface area contributed by atoms with E-state index in [2.05, 4.69) is 9.97 Å². The molecule has 0 radical (unpaired) electrons. The topological polar surface area (TPSA) is 44.2 Å². The Labute approximate surface area is 106 Å². The molecule has 0 aliphatic carbocycles. The van der Waals surface area contributed by atoms with Crippen LogP contribution in [0.15, 0.2) is 0 Å². The van der Waals surface area contributed by atoms with Crippen molar-refractivity contribution in [2.45, 2.75) is 38.9 Å². The van der Waals surface area contributed by atoms with Crippen LogP contribution in [0.25, 0.3) is 0 Å². The van der Waals surface area contributed by atoms with Crippen LogP contribution in [0, 0.1) is 0 Å². The summed E-state index contributed by atoms with van der Waals surface area (Å²) >= 11 is 6.18. The normalized spacial score (nSPS) is 18.6. The van der Waals surface area contributed by atoms with E-state index in [4.69, 9.17) is 21.1 Å². The Hall–Kier alpha value is -0.710. The number of hydrogen-bond donors (Lipinski definition) is 0. The van der Waals surface area contributed by atoms with Gasteiger partial charge in [-0.1, -0.05) is 18.5 Å². The summed E-state index contributed by atoms with van der Waals surface area (Å²) in [6.45, 7) is 5.22. The summed E-state index contributed by atoms with van der Waals surface area (Å²) in [6, 6.07) is 0. The standard InChI is InChI=1S/C12H17ClN2O2/c1-4-12(2,16-3)11-14-9-5-6-17-7-8(9)10(13)15-11/h4-7H2,1-3H3. The zero-order valence-electron chi connectivity index (χ0n) is 10.4. The predicted molar refractivity (Wildman–Crippen MR) is 65.1 cm³/mol. The summed E-state index contributed by atoms with van der Waals surface area (Å²) in [7, 11) is 1.67. The zero-order chi connectivity index (χ0) is 12.5. The Balaban J connectivity index is 2.47. The van der Waals surface area contributed by atoms with E-state index in [1.165, 1.54) is 0 Å².